The van der Waals surface area contributed by atoms with Crippen molar-refractivity contribution in [2.75, 3.05) is 13.1 Å². The van der Waals surface area contributed by atoms with Crippen LogP contribution in [0.15, 0.2) is 170 Å². The van der Waals surface area contributed by atoms with Crippen LogP contribution in [0.4, 0.5) is 11.4 Å². The normalized spacial score (nSPS) is 12.9. The second-order valence-corrected chi connectivity index (χ2v) is 15.9. The van der Waals surface area contributed by atoms with E-state index in [-0.39, 0.29) is 46.1 Å². The van der Waals surface area contributed by atoms with Gasteiger partial charge in [-0.05, 0) is 60.1 Å². The standard InChI is InChI=1S/C34H50N4.2C5H6N.2C5H5N.2Mg/c1-21(2)29-15-13-16-30(22(3)4)33(29)35-25(9)19-27(11)37-38-28(12)20-26(10)36-34-31(23(5)6)17-14-18-32(34)24(7)8;4*1-2-4-6-5-3-1;;/h13-24,37-38H,1-12H3;2*1-4H,5H2;2*1-5H;;/q;2*-1;;;2*+2. The molecule has 2 aliphatic heterocycles. The van der Waals surface area contributed by atoms with Crippen LogP contribution in [0.1, 0.15) is 129 Å². The first-order chi connectivity index (χ1) is 29.8. The first kappa shape index (κ1) is 59.3. The average Bonchev–Trinajstić information content (AvgIpc) is 3.28. The van der Waals surface area contributed by atoms with Crippen LogP contribution in [0.25, 0.3) is 21.3 Å². The number of hydrazine groups is 1. The van der Waals surface area contributed by atoms with Crippen molar-refractivity contribution in [2.24, 2.45) is 0 Å². The minimum absolute atomic E-state index is 0. The van der Waals surface area contributed by atoms with E-state index in [1.807, 2.05) is 86.7 Å². The second kappa shape index (κ2) is 35.6. The molecule has 2 aliphatic rings. The number of pyridine rings is 2. The Morgan fingerprint density at radius 1 is 0.484 bits per heavy atom. The first-order valence-electron chi connectivity index (χ1n) is 21.7. The molecule has 0 fully saturated rings. The van der Waals surface area contributed by atoms with E-state index in [2.05, 4.69) is 149 Å². The summed E-state index contributed by atoms with van der Waals surface area (Å²) in [6, 6.07) is 24.5. The summed E-state index contributed by atoms with van der Waals surface area (Å²) in [6.45, 7) is 27.8. The van der Waals surface area contributed by atoms with Crippen LogP contribution in [-0.4, -0.2) is 80.6 Å². The molecular weight excluding hydrogens is 809 g/mol. The number of hydrazone groups is 2. The Kier molecular flexibility index (Phi) is 32.9. The van der Waals surface area contributed by atoms with Crippen LogP contribution in [-0.2, 0) is 0 Å². The van der Waals surface area contributed by atoms with E-state index < -0.39 is 0 Å². The van der Waals surface area contributed by atoms with Crippen molar-refractivity contribution in [3.63, 3.8) is 0 Å². The SMILES string of the molecule is C/C(=C/C(C)=[NH+]/[NH+]=C(C)/C=C(/C)[N-]c1c(C(C)C)cccc1C(C)C)[N-]c1c(C(C)C)cccc1C(C)C.C1=CC[N-]C=C1.C1=CC[N-]C=C1.[Mg+2].[Mg+2].c1ccncc1.c1ccncc1. The molecule has 0 saturated carbocycles. The van der Waals surface area contributed by atoms with Crippen LogP contribution >= 0.6 is 0 Å². The van der Waals surface area contributed by atoms with Crippen molar-refractivity contribution in [1.29, 1.82) is 0 Å². The third-order valence-electron chi connectivity index (χ3n) is 9.00. The summed E-state index contributed by atoms with van der Waals surface area (Å²) in [5, 5.41) is 24.5. The topological polar surface area (TPSA) is 110 Å². The Morgan fingerprint density at radius 2 is 0.797 bits per heavy atom. The van der Waals surface area contributed by atoms with E-state index in [1.165, 1.54) is 22.3 Å². The van der Waals surface area contributed by atoms with Gasteiger partial charge in [0.15, 0.2) is 0 Å². The fourth-order valence-electron chi connectivity index (χ4n) is 5.96. The predicted octanol–water partition coefficient (Wildman–Crippen LogP) is 12.0. The number of nitrogens with zero attached hydrogens (tertiary/aromatic N) is 6. The smallest absolute Gasteiger partial charge is 0.687 e. The third-order valence-corrected chi connectivity index (χ3v) is 9.00. The Labute approximate surface area is 419 Å². The number of para-hydroxylation sites is 2. The number of benzene rings is 2. The summed E-state index contributed by atoms with van der Waals surface area (Å²) >= 11 is 0. The molecule has 8 nitrogen and oxygen atoms in total. The molecule has 0 atom stereocenters. The molecule has 0 spiro atoms. The molecule has 2 aromatic heterocycles. The molecule has 64 heavy (non-hydrogen) atoms. The number of nitrogens with one attached hydrogen (secondary N) is 2. The minimum Gasteiger partial charge on any atom is -0.687 e. The van der Waals surface area contributed by atoms with E-state index in [4.69, 9.17) is 10.6 Å². The molecular formula is C54H72Mg2N8+2. The van der Waals surface area contributed by atoms with Crippen LogP contribution in [0, 0.1) is 0 Å². The Morgan fingerprint density at radius 3 is 0.969 bits per heavy atom. The second-order valence-electron chi connectivity index (χ2n) is 15.9. The third kappa shape index (κ3) is 25.5. The number of allylic oxidation sites excluding steroid dienone is 8. The van der Waals surface area contributed by atoms with Gasteiger partial charge in [0, 0.05) is 48.8 Å². The molecule has 0 saturated heterocycles. The van der Waals surface area contributed by atoms with Gasteiger partial charge in [0.2, 0.25) is 11.4 Å². The van der Waals surface area contributed by atoms with E-state index in [0.717, 1.165) is 47.3 Å². The van der Waals surface area contributed by atoms with Gasteiger partial charge in [-0.3, -0.25) is 9.97 Å². The first-order valence-corrected chi connectivity index (χ1v) is 21.7. The zero-order valence-electron chi connectivity index (χ0n) is 40.8. The van der Waals surface area contributed by atoms with E-state index in [0.29, 0.717) is 23.7 Å². The largest absolute Gasteiger partial charge is 2.00 e. The Balaban J connectivity index is 0.00000121. The van der Waals surface area contributed by atoms with Gasteiger partial charge >= 0.3 is 46.1 Å². The van der Waals surface area contributed by atoms with Gasteiger partial charge in [-0.15, -0.1) is 36.6 Å². The zero-order chi connectivity index (χ0) is 45.5. The molecule has 330 valence electrons. The monoisotopic (exact) mass is 881 g/mol. The molecule has 4 heterocycles. The maximum absolute atomic E-state index is 5.05. The van der Waals surface area contributed by atoms with Crippen molar-refractivity contribution >= 4 is 68.9 Å². The van der Waals surface area contributed by atoms with Gasteiger partial charge in [-0.1, -0.05) is 164 Å². The van der Waals surface area contributed by atoms with Gasteiger partial charge in [0.1, 0.15) is 0 Å². The van der Waals surface area contributed by atoms with Gasteiger partial charge in [-0.25, -0.2) is 0 Å². The van der Waals surface area contributed by atoms with Crippen molar-refractivity contribution in [3.05, 3.63) is 214 Å². The molecule has 4 aromatic rings. The molecule has 0 amide bonds. The predicted molar refractivity (Wildman–Crippen MR) is 279 cm³/mol. The van der Waals surface area contributed by atoms with Gasteiger partial charge in [-0.2, -0.15) is 23.8 Å². The van der Waals surface area contributed by atoms with Crippen LogP contribution in [0.3, 0.4) is 0 Å². The molecule has 0 radical (unpaired) electrons. The summed E-state index contributed by atoms with van der Waals surface area (Å²) in [5.74, 6) is 1.69. The molecule has 10 heteroatoms. The van der Waals surface area contributed by atoms with Gasteiger partial charge in [0.05, 0.1) is 0 Å². The molecule has 6 rings (SSSR count). The van der Waals surface area contributed by atoms with Crippen LogP contribution < -0.4 is 10.2 Å². The number of hydrogen-bond acceptors (Lipinski definition) is 2. The molecule has 0 unspecified atom stereocenters. The average molecular weight is 882 g/mol. The fraction of sp³-hybridized carbons (Fsp3) is 0.333. The Hall–Kier alpha value is -4.75. The number of hydrogen-bond donors (Lipinski definition) is 2. The van der Waals surface area contributed by atoms with Crippen LogP contribution in [0.2, 0.25) is 0 Å². The summed E-state index contributed by atoms with van der Waals surface area (Å²) in [4.78, 5) is 7.57. The van der Waals surface area contributed by atoms with E-state index in [1.54, 1.807) is 37.2 Å². The summed E-state index contributed by atoms with van der Waals surface area (Å²) < 4.78 is 0. The van der Waals surface area contributed by atoms with Gasteiger partial charge in [0.25, 0.3) is 0 Å². The maximum Gasteiger partial charge on any atom is 2.00 e. The summed E-state index contributed by atoms with van der Waals surface area (Å²) in [7, 11) is 0. The van der Waals surface area contributed by atoms with Crippen molar-refractivity contribution < 1.29 is 10.2 Å². The molecule has 2 aromatic carbocycles. The van der Waals surface area contributed by atoms with E-state index in [9.17, 15) is 0 Å². The zero-order valence-corrected chi connectivity index (χ0v) is 43.7. The van der Waals surface area contributed by atoms with Crippen molar-refractivity contribution in [1.82, 2.24) is 9.97 Å². The quantitative estimate of drug-likeness (QED) is 0.0888. The van der Waals surface area contributed by atoms with Crippen LogP contribution in [0.5, 0.6) is 0 Å². The van der Waals surface area contributed by atoms with E-state index >= 15 is 0 Å². The van der Waals surface area contributed by atoms with Gasteiger partial charge < -0.3 is 21.3 Å². The molecule has 0 bridgehead atoms. The summed E-state index contributed by atoms with van der Waals surface area (Å²) in [6.07, 6.45) is 26.6. The van der Waals surface area contributed by atoms with Crippen molar-refractivity contribution in [3.8, 4) is 0 Å². The number of aromatic nitrogens is 2. The van der Waals surface area contributed by atoms with Crippen molar-refractivity contribution in [2.45, 2.75) is 107 Å². The maximum atomic E-state index is 5.05. The fourth-order valence-corrected chi connectivity index (χ4v) is 5.96. The molecule has 0 aliphatic carbocycles. The minimum atomic E-state index is 0. The Bertz CT molecular complexity index is 1820. The molecule has 2 N–H and O–H groups in total. The summed E-state index contributed by atoms with van der Waals surface area (Å²) in [5.41, 5.74) is 11.3. The number of rotatable bonds is 11.